The summed E-state index contributed by atoms with van der Waals surface area (Å²) in [5, 5.41) is 21.3. The number of aliphatic carboxylic acids is 1. The number of benzene rings is 1. The highest BCUT2D eigenvalue weighted by Crippen LogP contribution is 2.22. The molecule has 6 heteroatoms. The monoisotopic (exact) mass is 278 g/mol. The summed E-state index contributed by atoms with van der Waals surface area (Å²) in [7, 11) is 0. The van der Waals surface area contributed by atoms with Crippen LogP contribution in [0.5, 0.6) is 0 Å². The van der Waals surface area contributed by atoms with E-state index in [2.05, 4.69) is 5.32 Å². The fraction of sp³-hybridized carbons (Fsp3) is 0.429. The number of anilines is 1. The van der Waals surface area contributed by atoms with Crippen molar-refractivity contribution in [3.05, 3.63) is 29.3 Å². The fourth-order valence-corrected chi connectivity index (χ4v) is 2.35. The van der Waals surface area contributed by atoms with E-state index in [4.69, 9.17) is 5.11 Å². The van der Waals surface area contributed by atoms with Crippen LogP contribution >= 0.6 is 0 Å². The molecule has 0 aliphatic carbocycles. The van der Waals surface area contributed by atoms with Gasteiger partial charge in [0.05, 0.1) is 6.10 Å². The van der Waals surface area contributed by atoms with Crippen molar-refractivity contribution in [2.24, 2.45) is 0 Å². The van der Waals surface area contributed by atoms with Crippen LogP contribution < -0.4 is 5.32 Å². The van der Waals surface area contributed by atoms with Gasteiger partial charge in [-0.15, -0.1) is 0 Å². The van der Waals surface area contributed by atoms with Crippen molar-refractivity contribution in [1.82, 2.24) is 4.90 Å². The number of hydrogen-bond acceptors (Lipinski definition) is 3. The quantitative estimate of drug-likeness (QED) is 0.762. The number of carboxylic acids is 1. The molecule has 2 unspecified atom stereocenters. The molecule has 2 atom stereocenters. The number of aliphatic hydroxyl groups excluding tert-OH is 1. The van der Waals surface area contributed by atoms with Crippen molar-refractivity contribution in [1.29, 1.82) is 0 Å². The van der Waals surface area contributed by atoms with Gasteiger partial charge in [0.25, 0.3) is 0 Å². The molecule has 1 heterocycles. The second-order valence-corrected chi connectivity index (χ2v) is 5.07. The van der Waals surface area contributed by atoms with Crippen LogP contribution in [0.3, 0.4) is 0 Å². The summed E-state index contributed by atoms with van der Waals surface area (Å²) < 4.78 is 0. The lowest BCUT2D eigenvalue weighted by atomic mass is 10.1. The van der Waals surface area contributed by atoms with Crippen molar-refractivity contribution < 1.29 is 19.8 Å². The number of β-amino-alcohol motifs (C(OH)–C–C–N with tert-alkyl or cyclic N) is 1. The molecule has 0 aromatic heterocycles. The van der Waals surface area contributed by atoms with E-state index in [9.17, 15) is 14.7 Å². The zero-order valence-corrected chi connectivity index (χ0v) is 11.5. The Kier molecular flexibility index (Phi) is 3.94. The van der Waals surface area contributed by atoms with Crippen molar-refractivity contribution in [3.8, 4) is 0 Å². The molecule has 20 heavy (non-hydrogen) atoms. The lowest BCUT2D eigenvalue weighted by Gasteiger charge is -2.22. The standard InChI is InChI=1S/C14H18N2O4/c1-8-4-3-5-11(9(8)2)15-14(20)16-7-10(17)6-12(16)13(18)19/h3-5,10,12,17H,6-7H2,1-2H3,(H,15,20)(H,18,19). The van der Waals surface area contributed by atoms with Crippen molar-refractivity contribution in [2.75, 3.05) is 11.9 Å². The summed E-state index contributed by atoms with van der Waals surface area (Å²) in [5.74, 6) is -1.10. The highest BCUT2D eigenvalue weighted by Gasteiger charge is 2.39. The Balaban J connectivity index is 2.15. The van der Waals surface area contributed by atoms with Gasteiger partial charge in [0, 0.05) is 18.7 Å². The molecule has 1 aromatic rings. The number of hydrogen-bond donors (Lipinski definition) is 3. The first-order valence-corrected chi connectivity index (χ1v) is 6.45. The van der Waals surface area contributed by atoms with Gasteiger partial charge >= 0.3 is 12.0 Å². The van der Waals surface area contributed by atoms with Gasteiger partial charge in [-0.3, -0.25) is 0 Å². The molecule has 0 radical (unpaired) electrons. The molecule has 1 aliphatic rings. The number of rotatable bonds is 2. The Bertz CT molecular complexity index is 544. The number of aliphatic hydroxyl groups is 1. The zero-order valence-electron chi connectivity index (χ0n) is 11.5. The summed E-state index contributed by atoms with van der Waals surface area (Å²) in [4.78, 5) is 24.4. The van der Waals surface area contributed by atoms with E-state index in [1.165, 1.54) is 0 Å². The Hall–Kier alpha value is -2.08. The predicted octanol–water partition coefficient (Wildman–Crippen LogP) is 1.36. The van der Waals surface area contributed by atoms with E-state index in [-0.39, 0.29) is 13.0 Å². The lowest BCUT2D eigenvalue weighted by Crippen LogP contribution is -2.43. The summed E-state index contributed by atoms with van der Waals surface area (Å²) in [6.07, 6.45) is -0.726. The highest BCUT2D eigenvalue weighted by molar-refractivity contribution is 5.93. The molecular formula is C14H18N2O4. The van der Waals surface area contributed by atoms with Gasteiger partial charge in [-0.25, -0.2) is 9.59 Å². The fourth-order valence-electron chi connectivity index (χ4n) is 2.35. The van der Waals surface area contributed by atoms with E-state index in [1.807, 2.05) is 26.0 Å². The van der Waals surface area contributed by atoms with Crippen LogP contribution in [-0.4, -0.2) is 45.8 Å². The molecule has 108 valence electrons. The molecular weight excluding hydrogens is 260 g/mol. The molecule has 0 bridgehead atoms. The number of carbonyl (C=O) groups excluding carboxylic acids is 1. The summed E-state index contributed by atoms with van der Waals surface area (Å²) >= 11 is 0. The Labute approximate surface area is 117 Å². The molecule has 0 saturated carbocycles. The van der Waals surface area contributed by atoms with Crippen LogP contribution in [0.4, 0.5) is 10.5 Å². The first-order chi connectivity index (χ1) is 9.40. The number of aryl methyl sites for hydroxylation is 1. The molecule has 1 aromatic carbocycles. The number of amides is 2. The molecule has 1 saturated heterocycles. The van der Waals surface area contributed by atoms with Gasteiger partial charge in [-0.2, -0.15) is 0 Å². The maximum Gasteiger partial charge on any atom is 0.326 e. The molecule has 2 amide bonds. The van der Waals surface area contributed by atoms with Gasteiger partial charge in [-0.1, -0.05) is 12.1 Å². The highest BCUT2D eigenvalue weighted by atomic mass is 16.4. The van der Waals surface area contributed by atoms with Gasteiger partial charge in [-0.05, 0) is 31.0 Å². The third-order valence-corrected chi connectivity index (χ3v) is 3.67. The van der Waals surface area contributed by atoms with E-state index in [0.717, 1.165) is 16.0 Å². The summed E-state index contributed by atoms with van der Waals surface area (Å²) in [6, 6.07) is 4.05. The maximum atomic E-state index is 12.2. The third kappa shape index (κ3) is 2.75. The van der Waals surface area contributed by atoms with Crippen molar-refractivity contribution >= 4 is 17.7 Å². The summed E-state index contributed by atoms with van der Waals surface area (Å²) in [5.41, 5.74) is 2.63. The normalized spacial score (nSPS) is 21.9. The second kappa shape index (κ2) is 5.50. The number of carbonyl (C=O) groups is 2. The van der Waals surface area contributed by atoms with E-state index >= 15 is 0 Å². The van der Waals surface area contributed by atoms with Crippen LogP contribution in [0, 0.1) is 13.8 Å². The number of nitrogens with one attached hydrogen (secondary N) is 1. The van der Waals surface area contributed by atoms with Crippen LogP contribution in [0.1, 0.15) is 17.5 Å². The van der Waals surface area contributed by atoms with E-state index < -0.39 is 24.1 Å². The Morgan fingerprint density at radius 2 is 2.05 bits per heavy atom. The number of carboxylic acid groups (broad SMARTS) is 1. The zero-order chi connectivity index (χ0) is 14.9. The minimum Gasteiger partial charge on any atom is -0.480 e. The van der Waals surface area contributed by atoms with Crippen molar-refractivity contribution in [2.45, 2.75) is 32.4 Å². The SMILES string of the molecule is Cc1cccc(NC(=O)N2CC(O)CC2C(=O)O)c1C. The van der Waals surface area contributed by atoms with Crippen LogP contribution in [0.15, 0.2) is 18.2 Å². The largest absolute Gasteiger partial charge is 0.480 e. The average molecular weight is 278 g/mol. The lowest BCUT2D eigenvalue weighted by molar-refractivity contribution is -0.141. The van der Waals surface area contributed by atoms with Gasteiger partial charge in [0.2, 0.25) is 0 Å². The first-order valence-electron chi connectivity index (χ1n) is 6.45. The van der Waals surface area contributed by atoms with E-state index in [1.54, 1.807) is 6.07 Å². The first kappa shape index (κ1) is 14.3. The Morgan fingerprint density at radius 1 is 1.35 bits per heavy atom. The molecule has 1 fully saturated rings. The molecule has 6 nitrogen and oxygen atoms in total. The number of likely N-dealkylation sites (tertiary alicyclic amines) is 1. The molecule has 1 aliphatic heterocycles. The minimum atomic E-state index is -1.10. The topological polar surface area (TPSA) is 89.9 Å². The summed E-state index contributed by atoms with van der Waals surface area (Å²) in [6.45, 7) is 3.86. The van der Waals surface area contributed by atoms with E-state index in [0.29, 0.717) is 5.69 Å². The van der Waals surface area contributed by atoms with Gasteiger partial charge in [0.15, 0.2) is 0 Å². The van der Waals surface area contributed by atoms with Crippen LogP contribution in [0.2, 0.25) is 0 Å². The predicted molar refractivity (Wildman–Crippen MR) is 73.7 cm³/mol. The molecule has 3 N–H and O–H groups in total. The van der Waals surface area contributed by atoms with Crippen LogP contribution in [-0.2, 0) is 4.79 Å². The number of urea groups is 1. The average Bonchev–Trinajstić information content (AvgIpc) is 2.77. The smallest absolute Gasteiger partial charge is 0.326 e. The second-order valence-electron chi connectivity index (χ2n) is 5.07. The number of nitrogens with zero attached hydrogens (tertiary/aromatic N) is 1. The molecule has 2 rings (SSSR count). The third-order valence-electron chi connectivity index (χ3n) is 3.67. The minimum absolute atomic E-state index is 0.0354. The Morgan fingerprint density at radius 3 is 2.70 bits per heavy atom. The van der Waals surface area contributed by atoms with Gasteiger partial charge < -0.3 is 20.4 Å². The maximum absolute atomic E-state index is 12.2. The molecule has 0 spiro atoms. The van der Waals surface area contributed by atoms with Crippen LogP contribution in [0.25, 0.3) is 0 Å². The van der Waals surface area contributed by atoms with Crippen molar-refractivity contribution in [3.63, 3.8) is 0 Å². The van der Waals surface area contributed by atoms with Gasteiger partial charge in [0.1, 0.15) is 6.04 Å².